The van der Waals surface area contributed by atoms with Crippen LogP contribution in [0, 0.1) is 11.8 Å². The fourth-order valence-electron chi connectivity index (χ4n) is 3.49. The van der Waals surface area contributed by atoms with E-state index in [2.05, 4.69) is 12.2 Å². The molecule has 0 heterocycles. The molecule has 0 radical (unpaired) electrons. The topological polar surface area (TPSA) is 32.3 Å². The smallest absolute Gasteiger partial charge is 0.0474 e. The maximum absolute atomic E-state index is 9.49. The minimum absolute atomic E-state index is 0.374. The predicted molar refractivity (Wildman–Crippen MR) is 67.4 cm³/mol. The van der Waals surface area contributed by atoms with E-state index >= 15 is 0 Å². The van der Waals surface area contributed by atoms with Crippen molar-refractivity contribution in [2.24, 2.45) is 11.8 Å². The highest BCUT2D eigenvalue weighted by atomic mass is 16.3. The first-order valence-electron chi connectivity index (χ1n) is 7.18. The van der Waals surface area contributed by atoms with Gasteiger partial charge in [0, 0.05) is 18.7 Å². The second-order valence-corrected chi connectivity index (χ2v) is 5.87. The second-order valence-electron chi connectivity index (χ2n) is 5.87. The number of aliphatic hydroxyl groups excluding tert-OH is 1. The first kappa shape index (κ1) is 12.4. The molecule has 2 fully saturated rings. The van der Waals surface area contributed by atoms with Gasteiger partial charge in [0.05, 0.1) is 0 Å². The zero-order valence-electron chi connectivity index (χ0n) is 10.6. The summed E-state index contributed by atoms with van der Waals surface area (Å²) in [4.78, 5) is 0. The van der Waals surface area contributed by atoms with Gasteiger partial charge in [-0.1, -0.05) is 32.6 Å². The SMILES string of the molecule is CC1CCCC1NC1CCCCCC1CO. The van der Waals surface area contributed by atoms with Crippen LogP contribution in [0.3, 0.4) is 0 Å². The molecular formula is C14H27NO. The molecule has 4 atom stereocenters. The molecule has 2 aliphatic rings. The monoisotopic (exact) mass is 225 g/mol. The quantitative estimate of drug-likeness (QED) is 0.724. The molecule has 0 aromatic heterocycles. The molecule has 94 valence electrons. The summed E-state index contributed by atoms with van der Waals surface area (Å²) in [7, 11) is 0. The molecule has 0 aliphatic heterocycles. The first-order chi connectivity index (χ1) is 7.81. The highest BCUT2D eigenvalue weighted by Gasteiger charge is 2.29. The molecule has 0 amide bonds. The van der Waals surface area contributed by atoms with E-state index in [1.165, 1.54) is 51.4 Å². The Kier molecular flexibility index (Phi) is 4.66. The van der Waals surface area contributed by atoms with Crippen molar-refractivity contribution in [1.29, 1.82) is 0 Å². The van der Waals surface area contributed by atoms with Gasteiger partial charge in [0.15, 0.2) is 0 Å². The summed E-state index contributed by atoms with van der Waals surface area (Å²) in [5.74, 6) is 1.35. The van der Waals surface area contributed by atoms with Crippen LogP contribution in [0.4, 0.5) is 0 Å². The van der Waals surface area contributed by atoms with Gasteiger partial charge in [-0.05, 0) is 37.5 Å². The lowest BCUT2D eigenvalue weighted by Crippen LogP contribution is -2.44. The highest BCUT2D eigenvalue weighted by Crippen LogP contribution is 2.29. The Bertz CT molecular complexity index is 207. The van der Waals surface area contributed by atoms with Crippen LogP contribution < -0.4 is 5.32 Å². The molecule has 2 nitrogen and oxygen atoms in total. The third kappa shape index (κ3) is 2.98. The minimum atomic E-state index is 0.374. The van der Waals surface area contributed by atoms with Gasteiger partial charge in [0.2, 0.25) is 0 Å². The third-order valence-electron chi connectivity index (χ3n) is 4.68. The lowest BCUT2D eigenvalue weighted by molar-refractivity contribution is 0.170. The Morgan fingerprint density at radius 3 is 2.38 bits per heavy atom. The van der Waals surface area contributed by atoms with E-state index in [0.717, 1.165) is 12.0 Å². The molecule has 0 bridgehead atoms. The standard InChI is InChI=1S/C14H27NO/c1-11-6-5-9-13(11)15-14-8-4-2-3-7-12(14)10-16/h11-16H,2-10H2,1H3. The third-order valence-corrected chi connectivity index (χ3v) is 4.68. The molecule has 2 saturated carbocycles. The van der Waals surface area contributed by atoms with Gasteiger partial charge in [-0.25, -0.2) is 0 Å². The van der Waals surface area contributed by atoms with E-state index in [4.69, 9.17) is 0 Å². The predicted octanol–water partition coefficient (Wildman–Crippen LogP) is 2.71. The van der Waals surface area contributed by atoms with E-state index in [1.807, 2.05) is 0 Å². The summed E-state index contributed by atoms with van der Waals surface area (Å²) in [6.07, 6.45) is 10.6. The van der Waals surface area contributed by atoms with Crippen LogP contribution in [0.2, 0.25) is 0 Å². The summed E-state index contributed by atoms with van der Waals surface area (Å²) in [5.41, 5.74) is 0. The molecule has 0 spiro atoms. The summed E-state index contributed by atoms with van der Waals surface area (Å²) >= 11 is 0. The second kappa shape index (κ2) is 6.02. The zero-order valence-corrected chi connectivity index (χ0v) is 10.6. The van der Waals surface area contributed by atoms with E-state index in [-0.39, 0.29) is 0 Å². The molecule has 0 aromatic carbocycles. The Morgan fingerprint density at radius 1 is 0.938 bits per heavy atom. The van der Waals surface area contributed by atoms with Gasteiger partial charge in [-0.2, -0.15) is 0 Å². The molecule has 16 heavy (non-hydrogen) atoms. The van der Waals surface area contributed by atoms with Gasteiger partial charge in [-0.15, -0.1) is 0 Å². The van der Waals surface area contributed by atoms with Crippen LogP contribution in [0.1, 0.15) is 58.3 Å². The molecule has 2 aliphatic carbocycles. The van der Waals surface area contributed by atoms with Crippen molar-refractivity contribution in [2.45, 2.75) is 70.4 Å². The van der Waals surface area contributed by atoms with E-state index in [9.17, 15) is 5.11 Å². The van der Waals surface area contributed by atoms with Gasteiger partial charge in [0.1, 0.15) is 0 Å². The summed E-state index contributed by atoms with van der Waals surface area (Å²) in [6.45, 7) is 2.74. The largest absolute Gasteiger partial charge is 0.396 e. The molecule has 2 heteroatoms. The van der Waals surface area contributed by atoms with Crippen LogP contribution in [0.15, 0.2) is 0 Å². The van der Waals surface area contributed by atoms with Crippen molar-refractivity contribution in [3.63, 3.8) is 0 Å². The summed E-state index contributed by atoms with van der Waals surface area (Å²) < 4.78 is 0. The molecule has 0 aromatic rings. The lowest BCUT2D eigenvalue weighted by Gasteiger charge is -2.29. The molecular weight excluding hydrogens is 198 g/mol. The Morgan fingerprint density at radius 2 is 1.69 bits per heavy atom. The normalized spacial score (nSPS) is 40.9. The van der Waals surface area contributed by atoms with Crippen LogP contribution in [0.5, 0.6) is 0 Å². The van der Waals surface area contributed by atoms with E-state index in [1.54, 1.807) is 0 Å². The molecule has 4 unspecified atom stereocenters. The number of rotatable bonds is 3. The van der Waals surface area contributed by atoms with Gasteiger partial charge >= 0.3 is 0 Å². The Hall–Kier alpha value is -0.0800. The average molecular weight is 225 g/mol. The fraction of sp³-hybridized carbons (Fsp3) is 1.00. The number of hydrogen-bond donors (Lipinski definition) is 2. The number of aliphatic hydroxyl groups is 1. The van der Waals surface area contributed by atoms with Crippen molar-refractivity contribution >= 4 is 0 Å². The van der Waals surface area contributed by atoms with E-state index < -0.39 is 0 Å². The van der Waals surface area contributed by atoms with Gasteiger partial charge < -0.3 is 10.4 Å². The zero-order chi connectivity index (χ0) is 11.4. The average Bonchev–Trinajstić information content (AvgIpc) is 2.56. The minimum Gasteiger partial charge on any atom is -0.396 e. The Balaban J connectivity index is 1.89. The van der Waals surface area contributed by atoms with Crippen molar-refractivity contribution in [1.82, 2.24) is 5.32 Å². The summed E-state index contributed by atoms with van der Waals surface area (Å²) in [5, 5.41) is 13.3. The van der Waals surface area contributed by atoms with Crippen molar-refractivity contribution in [3.05, 3.63) is 0 Å². The highest BCUT2D eigenvalue weighted by molar-refractivity contribution is 4.87. The van der Waals surface area contributed by atoms with Gasteiger partial charge in [-0.3, -0.25) is 0 Å². The van der Waals surface area contributed by atoms with Crippen molar-refractivity contribution in [3.8, 4) is 0 Å². The van der Waals surface area contributed by atoms with Crippen LogP contribution in [0.25, 0.3) is 0 Å². The maximum Gasteiger partial charge on any atom is 0.0474 e. The Labute approximate surface area is 99.8 Å². The van der Waals surface area contributed by atoms with Crippen LogP contribution >= 0.6 is 0 Å². The molecule has 2 rings (SSSR count). The summed E-state index contributed by atoms with van der Waals surface area (Å²) in [6, 6.07) is 1.30. The first-order valence-corrected chi connectivity index (χ1v) is 7.18. The van der Waals surface area contributed by atoms with Gasteiger partial charge in [0.25, 0.3) is 0 Å². The number of nitrogens with one attached hydrogen (secondary N) is 1. The fourth-order valence-corrected chi connectivity index (χ4v) is 3.49. The molecule has 0 saturated heterocycles. The van der Waals surface area contributed by atoms with Crippen LogP contribution in [-0.4, -0.2) is 23.8 Å². The van der Waals surface area contributed by atoms with Crippen LogP contribution in [-0.2, 0) is 0 Å². The van der Waals surface area contributed by atoms with Crippen molar-refractivity contribution in [2.75, 3.05) is 6.61 Å². The maximum atomic E-state index is 9.49. The van der Waals surface area contributed by atoms with Crippen molar-refractivity contribution < 1.29 is 5.11 Å². The number of hydrogen-bond acceptors (Lipinski definition) is 2. The molecule has 2 N–H and O–H groups in total. The van der Waals surface area contributed by atoms with E-state index in [0.29, 0.717) is 18.6 Å². The lowest BCUT2D eigenvalue weighted by atomic mass is 9.93.